The molecule has 0 saturated heterocycles. The number of carbonyl (C=O) groups is 1. The minimum Gasteiger partial charge on any atom is -0.356 e. The summed E-state index contributed by atoms with van der Waals surface area (Å²) in [5.74, 6) is 1.10. The maximum atomic E-state index is 12.0. The molecular weight excluding hydrogens is 304 g/mol. The molecule has 0 spiro atoms. The van der Waals surface area contributed by atoms with Crippen LogP contribution in [0.4, 0.5) is 0 Å². The van der Waals surface area contributed by atoms with Gasteiger partial charge in [0.2, 0.25) is 5.91 Å². The minimum atomic E-state index is -0.127. The summed E-state index contributed by atoms with van der Waals surface area (Å²) in [5.41, 5.74) is 0.566. The molecule has 1 amide bonds. The molecule has 0 aliphatic heterocycles. The Morgan fingerprint density at radius 3 is 2.83 bits per heavy atom. The summed E-state index contributed by atoms with van der Waals surface area (Å²) in [6, 6.07) is 7.27. The zero-order valence-electron chi connectivity index (χ0n) is 14.6. The molecule has 2 N–H and O–H groups in total. The van der Waals surface area contributed by atoms with E-state index in [-0.39, 0.29) is 11.5 Å². The van der Waals surface area contributed by atoms with E-state index >= 15 is 0 Å². The summed E-state index contributed by atoms with van der Waals surface area (Å²) in [5, 5.41) is 3.55. The molecule has 1 aromatic carbocycles. The van der Waals surface area contributed by atoms with Crippen molar-refractivity contribution in [2.75, 3.05) is 27.2 Å². The number of aryl methyl sites for hydroxylation is 1. The summed E-state index contributed by atoms with van der Waals surface area (Å²) in [6.07, 6.45) is 1.68. The molecule has 1 atom stereocenters. The Hall–Kier alpha value is -2.21. The van der Waals surface area contributed by atoms with Gasteiger partial charge in [-0.05, 0) is 38.6 Å². The number of rotatable bonds is 8. The van der Waals surface area contributed by atoms with Crippen molar-refractivity contribution in [1.29, 1.82) is 0 Å². The van der Waals surface area contributed by atoms with E-state index in [1.165, 1.54) is 0 Å². The quantitative estimate of drug-likeness (QED) is 0.770. The molecule has 1 heterocycles. The van der Waals surface area contributed by atoms with Crippen LogP contribution in [0, 0.1) is 5.92 Å². The Morgan fingerprint density at radius 1 is 1.33 bits per heavy atom. The summed E-state index contributed by atoms with van der Waals surface area (Å²) < 4.78 is 0. The monoisotopic (exact) mass is 330 g/mol. The van der Waals surface area contributed by atoms with Gasteiger partial charge in [-0.2, -0.15) is 0 Å². The van der Waals surface area contributed by atoms with E-state index in [0.717, 1.165) is 6.54 Å². The molecule has 0 saturated carbocycles. The van der Waals surface area contributed by atoms with Crippen LogP contribution in [0.3, 0.4) is 0 Å². The molecule has 0 bridgehead atoms. The Balaban J connectivity index is 1.80. The summed E-state index contributed by atoms with van der Waals surface area (Å²) in [6.45, 7) is 3.74. The van der Waals surface area contributed by atoms with Crippen LogP contribution in [0.25, 0.3) is 10.9 Å². The van der Waals surface area contributed by atoms with Gasteiger partial charge >= 0.3 is 0 Å². The zero-order valence-corrected chi connectivity index (χ0v) is 14.6. The number of para-hydroxylation sites is 1. The van der Waals surface area contributed by atoms with Gasteiger partial charge in [0.1, 0.15) is 5.82 Å². The Morgan fingerprint density at radius 2 is 2.08 bits per heavy atom. The zero-order chi connectivity index (χ0) is 17.5. The fraction of sp³-hybridized carbons (Fsp3) is 0.500. The van der Waals surface area contributed by atoms with Gasteiger partial charge in [0.25, 0.3) is 5.56 Å². The van der Waals surface area contributed by atoms with E-state index < -0.39 is 0 Å². The first-order chi connectivity index (χ1) is 11.5. The van der Waals surface area contributed by atoms with Crippen LogP contribution in [-0.2, 0) is 11.2 Å². The average molecular weight is 330 g/mol. The van der Waals surface area contributed by atoms with E-state index in [1.54, 1.807) is 6.07 Å². The lowest BCUT2D eigenvalue weighted by molar-refractivity contribution is -0.121. The van der Waals surface area contributed by atoms with Crippen LogP contribution in [0.1, 0.15) is 25.6 Å². The predicted octanol–water partition coefficient (Wildman–Crippen LogP) is 1.56. The van der Waals surface area contributed by atoms with Crippen molar-refractivity contribution in [2.45, 2.75) is 26.2 Å². The number of nitrogens with zero attached hydrogens (tertiary/aromatic N) is 2. The van der Waals surface area contributed by atoms with Crippen molar-refractivity contribution >= 4 is 16.8 Å². The number of hydrogen-bond acceptors (Lipinski definition) is 4. The number of H-pyrrole nitrogens is 1. The number of nitrogens with one attached hydrogen (secondary N) is 2. The van der Waals surface area contributed by atoms with Crippen LogP contribution < -0.4 is 10.9 Å². The predicted molar refractivity (Wildman–Crippen MR) is 96.0 cm³/mol. The van der Waals surface area contributed by atoms with Crippen LogP contribution >= 0.6 is 0 Å². The normalized spacial score (nSPS) is 12.5. The standard InChI is InChI=1S/C18H26N4O2/c1-13(12-22(2)3)11-19-17(23)10-6-9-16-20-15-8-5-4-7-14(15)18(24)21-16/h4-5,7-8,13H,6,9-12H2,1-3H3,(H,19,23)(H,20,21,24)/t13-/m0/s1. The largest absolute Gasteiger partial charge is 0.356 e. The molecule has 130 valence electrons. The molecule has 6 nitrogen and oxygen atoms in total. The van der Waals surface area contributed by atoms with Gasteiger partial charge in [-0.25, -0.2) is 4.98 Å². The summed E-state index contributed by atoms with van der Waals surface area (Å²) in [7, 11) is 4.05. The smallest absolute Gasteiger partial charge is 0.258 e. The lowest BCUT2D eigenvalue weighted by Crippen LogP contribution is -2.32. The third kappa shape index (κ3) is 5.45. The summed E-state index contributed by atoms with van der Waals surface area (Å²) >= 11 is 0. The number of amides is 1. The minimum absolute atomic E-state index is 0.0451. The fourth-order valence-electron chi connectivity index (χ4n) is 2.73. The summed E-state index contributed by atoms with van der Waals surface area (Å²) in [4.78, 5) is 33.2. The molecule has 0 aliphatic carbocycles. The van der Waals surface area contributed by atoms with Gasteiger partial charge < -0.3 is 15.2 Å². The molecule has 2 aromatic rings. The second-order valence-electron chi connectivity index (χ2n) is 6.55. The van der Waals surface area contributed by atoms with Crippen molar-refractivity contribution in [3.05, 3.63) is 40.4 Å². The molecule has 6 heteroatoms. The number of aromatic amines is 1. The van der Waals surface area contributed by atoms with Crippen molar-refractivity contribution < 1.29 is 4.79 Å². The Labute approximate surface area is 142 Å². The maximum Gasteiger partial charge on any atom is 0.258 e. The van der Waals surface area contributed by atoms with Gasteiger partial charge in [-0.15, -0.1) is 0 Å². The first-order valence-corrected chi connectivity index (χ1v) is 8.35. The van der Waals surface area contributed by atoms with Crippen LogP contribution in [0.5, 0.6) is 0 Å². The lowest BCUT2D eigenvalue weighted by atomic mass is 10.1. The fourth-order valence-corrected chi connectivity index (χ4v) is 2.73. The van der Waals surface area contributed by atoms with Gasteiger partial charge in [0.05, 0.1) is 10.9 Å². The van der Waals surface area contributed by atoms with Crippen molar-refractivity contribution in [2.24, 2.45) is 5.92 Å². The molecule has 1 aromatic heterocycles. The number of aromatic nitrogens is 2. The number of carbonyl (C=O) groups excluding carboxylic acids is 1. The highest BCUT2D eigenvalue weighted by Gasteiger charge is 2.08. The topological polar surface area (TPSA) is 78.1 Å². The third-order valence-corrected chi connectivity index (χ3v) is 3.80. The van der Waals surface area contributed by atoms with E-state index in [0.29, 0.717) is 48.5 Å². The van der Waals surface area contributed by atoms with Crippen LogP contribution in [-0.4, -0.2) is 48.0 Å². The number of benzene rings is 1. The maximum absolute atomic E-state index is 12.0. The first-order valence-electron chi connectivity index (χ1n) is 8.35. The van der Waals surface area contributed by atoms with Gasteiger partial charge in [0, 0.05) is 25.9 Å². The molecule has 0 radical (unpaired) electrons. The average Bonchev–Trinajstić information content (AvgIpc) is 2.52. The van der Waals surface area contributed by atoms with Crippen molar-refractivity contribution in [3.8, 4) is 0 Å². The van der Waals surface area contributed by atoms with E-state index in [1.807, 2.05) is 32.3 Å². The lowest BCUT2D eigenvalue weighted by Gasteiger charge is -2.17. The van der Waals surface area contributed by atoms with Crippen LogP contribution in [0.2, 0.25) is 0 Å². The number of hydrogen-bond donors (Lipinski definition) is 2. The second-order valence-corrected chi connectivity index (χ2v) is 6.55. The molecule has 0 aliphatic rings. The second kappa shape index (κ2) is 8.59. The number of fused-ring (bicyclic) bond motifs is 1. The molecule has 24 heavy (non-hydrogen) atoms. The molecule has 0 fully saturated rings. The Kier molecular flexibility index (Phi) is 6.49. The van der Waals surface area contributed by atoms with E-state index in [2.05, 4.69) is 27.1 Å². The highest BCUT2D eigenvalue weighted by molar-refractivity contribution is 5.77. The third-order valence-electron chi connectivity index (χ3n) is 3.80. The molecule has 2 rings (SSSR count). The van der Waals surface area contributed by atoms with Gasteiger partial charge in [0.15, 0.2) is 0 Å². The highest BCUT2D eigenvalue weighted by Crippen LogP contribution is 2.07. The Bertz CT molecular complexity index is 739. The first kappa shape index (κ1) is 18.1. The van der Waals surface area contributed by atoms with E-state index in [4.69, 9.17) is 0 Å². The SMILES string of the molecule is C[C@@H](CNC(=O)CCCc1nc2ccccc2c(=O)[nH]1)CN(C)C. The van der Waals surface area contributed by atoms with Gasteiger partial charge in [-0.3, -0.25) is 9.59 Å². The highest BCUT2D eigenvalue weighted by atomic mass is 16.1. The van der Waals surface area contributed by atoms with Crippen molar-refractivity contribution in [1.82, 2.24) is 20.2 Å². The van der Waals surface area contributed by atoms with E-state index in [9.17, 15) is 9.59 Å². The van der Waals surface area contributed by atoms with Crippen LogP contribution in [0.15, 0.2) is 29.1 Å². The molecule has 0 unspecified atom stereocenters. The molecular formula is C18H26N4O2. The van der Waals surface area contributed by atoms with Crippen molar-refractivity contribution in [3.63, 3.8) is 0 Å². The van der Waals surface area contributed by atoms with Gasteiger partial charge in [-0.1, -0.05) is 19.1 Å².